The van der Waals surface area contributed by atoms with E-state index in [1.54, 1.807) is 25.7 Å². The molecule has 0 radical (unpaired) electrons. The lowest BCUT2D eigenvalue weighted by molar-refractivity contribution is -0.850. The van der Waals surface area contributed by atoms with Crippen LogP contribution in [-0.4, -0.2) is 0 Å². The van der Waals surface area contributed by atoms with Crippen LogP contribution in [0.5, 0.6) is 0 Å². The zero-order valence-electron chi connectivity index (χ0n) is 20.2. The molecule has 0 amide bonds. The minimum Gasteiger partial charge on any atom is -0.0464 e. The molecule has 31 unspecified atom stereocenters. The molecule has 20 fully saturated rings. The van der Waals surface area contributed by atoms with Gasteiger partial charge in [0.25, 0.3) is 0 Å². The fourth-order valence-electron chi connectivity index (χ4n) is 29.1. The maximum Gasteiger partial charge on any atom is -0.00932 e. The Morgan fingerprint density at radius 2 is 0.971 bits per heavy atom. The fourth-order valence-corrected chi connectivity index (χ4v) is 29.1. The highest BCUT2D eigenvalue weighted by Crippen LogP contribution is 3.31. The standard InChI is InChI=1S/C35H32/c1-5-2-10-18-25-28-26-19-11-4-9-13-7-3-8-12(7)20(13)30(9,11)31(19)17(8)24-27-22-15-6(1)14-16(15)23-21(14)29(5,10)32(18,23)33(22,25)35(27,28)34(24,26)31/h5-28H,1-4H2. The highest BCUT2D eigenvalue weighted by molar-refractivity contribution is 5.75. The Labute approximate surface area is 205 Å². The van der Waals surface area contributed by atoms with Gasteiger partial charge in [-0.05, 0) is 206 Å². The van der Waals surface area contributed by atoms with Gasteiger partial charge in [-0.2, -0.15) is 0 Å². The molecule has 0 aromatic carbocycles. The summed E-state index contributed by atoms with van der Waals surface area (Å²) in [5.41, 5.74) is 7.47. The molecule has 0 N–H and O–H groups in total. The monoisotopic (exact) mass is 452 g/mol. The Morgan fingerprint density at radius 3 is 1.91 bits per heavy atom. The van der Waals surface area contributed by atoms with Crippen molar-refractivity contribution in [3.63, 3.8) is 0 Å². The average Bonchev–Trinajstić information content (AvgIpc) is 2.75. The van der Waals surface area contributed by atoms with Crippen molar-refractivity contribution in [3.8, 4) is 0 Å². The lowest BCUT2D eigenvalue weighted by atomic mass is 8.73. The Bertz CT molecular complexity index is 1620. The summed E-state index contributed by atoms with van der Waals surface area (Å²) in [4.78, 5) is 0. The molecule has 7 spiro atoms. The Morgan fingerprint density at radius 1 is 0.314 bits per heavy atom. The molecule has 0 aromatic heterocycles. The molecule has 0 heterocycles. The summed E-state index contributed by atoms with van der Waals surface area (Å²) in [5, 5.41) is 0. The highest BCUT2D eigenvalue weighted by Gasteiger charge is 3.29. The Hall–Kier alpha value is 0. The van der Waals surface area contributed by atoms with E-state index < -0.39 is 0 Å². The quantitative estimate of drug-likeness (QED) is 0.507. The number of hydrogen-bond acceptors (Lipinski definition) is 0. The summed E-state index contributed by atoms with van der Waals surface area (Å²) in [5.74, 6) is 32.2. The molecule has 0 saturated heterocycles. The third kappa shape index (κ3) is 0.507. The molecule has 20 aliphatic rings. The van der Waals surface area contributed by atoms with Crippen molar-refractivity contribution in [2.45, 2.75) is 25.7 Å². The lowest BCUT2D eigenvalue weighted by Crippen LogP contribution is -3.28. The van der Waals surface area contributed by atoms with E-state index >= 15 is 0 Å². The van der Waals surface area contributed by atoms with E-state index in [1.807, 2.05) is 0 Å². The second kappa shape index (κ2) is 2.66. The van der Waals surface area contributed by atoms with E-state index in [-0.39, 0.29) is 0 Å². The summed E-state index contributed by atoms with van der Waals surface area (Å²) < 4.78 is 0. The van der Waals surface area contributed by atoms with Crippen LogP contribution in [0.15, 0.2) is 0 Å². The number of fused-ring (bicyclic) bond motifs is 14. The molecule has 0 nitrogen and oxygen atoms in total. The predicted octanol–water partition coefficient (Wildman–Crippen LogP) is 4.51. The van der Waals surface area contributed by atoms with Gasteiger partial charge in [-0.1, -0.05) is 0 Å². The molecular weight excluding hydrogens is 420 g/mol. The van der Waals surface area contributed by atoms with Crippen LogP contribution < -0.4 is 0 Å². The summed E-state index contributed by atoms with van der Waals surface area (Å²) in [7, 11) is 0. The first-order valence-corrected chi connectivity index (χ1v) is 17.4. The van der Waals surface area contributed by atoms with Crippen LogP contribution in [0.25, 0.3) is 0 Å². The van der Waals surface area contributed by atoms with E-state index in [4.69, 9.17) is 0 Å². The van der Waals surface area contributed by atoms with Gasteiger partial charge in [-0.15, -0.1) is 0 Å². The molecule has 0 aliphatic heterocycles. The summed E-state index contributed by atoms with van der Waals surface area (Å²) >= 11 is 0. The molecule has 20 saturated carbocycles. The van der Waals surface area contributed by atoms with E-state index in [9.17, 15) is 0 Å². The van der Waals surface area contributed by atoms with Crippen LogP contribution in [0.4, 0.5) is 0 Å². The number of hydrogen-bond donors (Lipinski definition) is 0. The second-order valence-electron chi connectivity index (χ2n) is 20.9. The van der Waals surface area contributed by atoms with Crippen LogP contribution in [0.1, 0.15) is 25.7 Å². The molecule has 172 valence electrons. The number of rotatable bonds is 0. The summed E-state index contributed by atoms with van der Waals surface area (Å²) in [6.45, 7) is 0. The molecule has 35 heavy (non-hydrogen) atoms. The van der Waals surface area contributed by atoms with Gasteiger partial charge in [0, 0.05) is 0 Å². The van der Waals surface area contributed by atoms with Crippen molar-refractivity contribution in [3.05, 3.63) is 0 Å². The molecule has 31 atom stereocenters. The van der Waals surface area contributed by atoms with Gasteiger partial charge in [-0.25, -0.2) is 0 Å². The SMILES string of the molecule is C1C2C3C1C1C4C5C6C7C8CC9CC%10C%11C%12C%13C%14C%15C%16CC%17C2C3C%17%16C1%15C4%14C5%13C6%12C%111C2C7C8C2C9%101. The topological polar surface area (TPSA) is 0 Å². The third-order valence-corrected chi connectivity index (χ3v) is 25.5. The van der Waals surface area contributed by atoms with Crippen molar-refractivity contribution in [1.29, 1.82) is 0 Å². The van der Waals surface area contributed by atoms with Crippen LogP contribution in [0.3, 0.4) is 0 Å². The van der Waals surface area contributed by atoms with Gasteiger partial charge in [0.15, 0.2) is 0 Å². The lowest BCUT2D eigenvalue weighted by Gasteiger charge is -3.30. The highest BCUT2D eigenvalue weighted by atomic mass is 15.3. The maximum absolute atomic E-state index is 1.79. The van der Waals surface area contributed by atoms with Gasteiger partial charge >= 0.3 is 0 Å². The van der Waals surface area contributed by atoms with Gasteiger partial charge in [0.1, 0.15) is 0 Å². The van der Waals surface area contributed by atoms with E-state index in [1.165, 1.54) is 142 Å². The largest absolute Gasteiger partial charge is 0.0464 e. The smallest absolute Gasteiger partial charge is 0.00932 e. The van der Waals surface area contributed by atoms with Crippen molar-refractivity contribution in [1.82, 2.24) is 0 Å². The van der Waals surface area contributed by atoms with Crippen molar-refractivity contribution < 1.29 is 0 Å². The second-order valence-corrected chi connectivity index (χ2v) is 20.9. The van der Waals surface area contributed by atoms with Crippen LogP contribution >= 0.6 is 0 Å². The average molecular weight is 453 g/mol. The molecule has 0 aromatic rings. The van der Waals surface area contributed by atoms with Gasteiger partial charge in [0.05, 0.1) is 0 Å². The Balaban J connectivity index is 0.942. The Kier molecular flexibility index (Phi) is 1.05. The zero-order chi connectivity index (χ0) is 20.2. The van der Waals surface area contributed by atoms with Crippen molar-refractivity contribution in [2.24, 2.45) is 180 Å². The summed E-state index contributed by atoms with van der Waals surface area (Å²) in [6.07, 6.45) is 7.12. The van der Waals surface area contributed by atoms with Crippen LogP contribution in [-0.2, 0) is 0 Å². The van der Waals surface area contributed by atoms with Crippen molar-refractivity contribution >= 4 is 0 Å². The fraction of sp³-hybridized carbons (Fsp3) is 1.00. The molecule has 0 bridgehead atoms. The molecule has 20 rings (SSSR count). The van der Waals surface area contributed by atoms with Crippen molar-refractivity contribution in [2.75, 3.05) is 0 Å². The maximum atomic E-state index is 1.79. The normalized spacial score (nSPS) is 115. The first-order chi connectivity index (χ1) is 17.4. The molecular formula is C35H32. The predicted molar refractivity (Wildman–Crippen MR) is 119 cm³/mol. The minimum absolute atomic E-state index is 1.05. The molecule has 20 aliphatic carbocycles. The summed E-state index contributed by atoms with van der Waals surface area (Å²) in [6, 6.07) is 0. The first kappa shape index (κ1) is 13.9. The van der Waals surface area contributed by atoms with Crippen LogP contribution in [0.2, 0.25) is 0 Å². The van der Waals surface area contributed by atoms with E-state index in [0.717, 1.165) is 37.9 Å². The van der Waals surface area contributed by atoms with Gasteiger partial charge < -0.3 is 0 Å². The molecule has 0 heteroatoms. The van der Waals surface area contributed by atoms with Gasteiger partial charge in [-0.3, -0.25) is 0 Å². The van der Waals surface area contributed by atoms with Crippen LogP contribution in [0, 0.1) is 180 Å². The van der Waals surface area contributed by atoms with E-state index in [2.05, 4.69) is 0 Å². The zero-order valence-corrected chi connectivity index (χ0v) is 20.2. The minimum atomic E-state index is 1.05. The van der Waals surface area contributed by atoms with Gasteiger partial charge in [0.2, 0.25) is 0 Å². The third-order valence-electron chi connectivity index (χ3n) is 25.5. The van der Waals surface area contributed by atoms with E-state index in [0.29, 0.717) is 0 Å². The first-order valence-electron chi connectivity index (χ1n) is 17.4.